The van der Waals surface area contributed by atoms with Gasteiger partial charge >= 0.3 is 5.97 Å². The Morgan fingerprint density at radius 3 is 2.56 bits per heavy atom. The predicted molar refractivity (Wildman–Crippen MR) is 116 cm³/mol. The Morgan fingerprint density at radius 1 is 1.06 bits per heavy atom. The Bertz CT molecular complexity index is 1230. The van der Waals surface area contributed by atoms with Crippen LogP contribution < -0.4 is 0 Å². The number of benzene rings is 2. The second kappa shape index (κ2) is 8.30. The van der Waals surface area contributed by atoms with Crippen LogP contribution in [0.2, 0.25) is 0 Å². The zero-order valence-electron chi connectivity index (χ0n) is 18.1. The van der Waals surface area contributed by atoms with Crippen molar-refractivity contribution in [1.82, 2.24) is 9.80 Å². The lowest BCUT2D eigenvalue weighted by atomic mass is 10.0. The first-order chi connectivity index (χ1) is 16.2. The second-order valence-electron chi connectivity index (χ2n) is 8.79. The van der Waals surface area contributed by atoms with E-state index < -0.39 is 42.0 Å². The number of ether oxygens (including phenoxy) is 1. The smallest absolute Gasteiger partial charge is 0.344 e. The second-order valence-corrected chi connectivity index (χ2v) is 8.79. The highest BCUT2D eigenvalue weighted by molar-refractivity contribution is 6.06. The zero-order valence-corrected chi connectivity index (χ0v) is 18.1. The third-order valence-corrected chi connectivity index (χ3v) is 6.44. The van der Waals surface area contributed by atoms with Crippen LogP contribution in [-0.4, -0.2) is 59.7 Å². The molecule has 176 valence electrons. The molecule has 2 saturated heterocycles. The van der Waals surface area contributed by atoms with Crippen molar-refractivity contribution in [2.45, 2.75) is 18.8 Å². The molecular weight excluding hydrogens is 449 g/mol. The van der Waals surface area contributed by atoms with Gasteiger partial charge in [0.2, 0.25) is 5.91 Å². The normalized spacial score (nSPS) is 22.3. The molecule has 6 nitrogen and oxygen atoms in total. The van der Waals surface area contributed by atoms with Crippen LogP contribution in [0.15, 0.2) is 42.5 Å². The first-order valence-corrected chi connectivity index (χ1v) is 11.0. The quantitative estimate of drug-likeness (QED) is 0.640. The van der Waals surface area contributed by atoms with Gasteiger partial charge in [0.05, 0.1) is 23.6 Å². The van der Waals surface area contributed by atoms with E-state index in [1.165, 1.54) is 17.0 Å². The number of amides is 2. The number of esters is 1. The summed E-state index contributed by atoms with van der Waals surface area (Å²) < 4.78 is 46.8. The van der Waals surface area contributed by atoms with Gasteiger partial charge in [-0.3, -0.25) is 9.59 Å². The monoisotopic (exact) mass is 470 g/mol. The molecule has 1 atom stereocenters. The van der Waals surface area contributed by atoms with Gasteiger partial charge in [-0.05, 0) is 36.3 Å². The number of alkyl halides is 2. The molecule has 5 rings (SSSR count). The van der Waals surface area contributed by atoms with Gasteiger partial charge in [0, 0.05) is 31.6 Å². The fraction of sp³-hybridized carbons (Fsp3) is 0.320. The van der Waals surface area contributed by atoms with Crippen molar-refractivity contribution in [1.29, 1.82) is 0 Å². The van der Waals surface area contributed by atoms with Crippen LogP contribution in [0.25, 0.3) is 11.8 Å². The Morgan fingerprint density at radius 2 is 1.82 bits per heavy atom. The first kappa shape index (κ1) is 22.2. The summed E-state index contributed by atoms with van der Waals surface area (Å²) in [6, 6.07) is 10.9. The minimum absolute atomic E-state index is 0.00464. The number of likely N-dealkylation sites (tertiary alicyclic amines) is 2. The predicted octanol–water partition coefficient (Wildman–Crippen LogP) is 3.82. The minimum atomic E-state index is -2.88. The van der Waals surface area contributed by atoms with Crippen molar-refractivity contribution >= 4 is 29.6 Å². The molecule has 3 aliphatic heterocycles. The average Bonchev–Trinajstić information content (AvgIpc) is 3.52. The van der Waals surface area contributed by atoms with Crippen LogP contribution in [0.3, 0.4) is 0 Å². The van der Waals surface area contributed by atoms with E-state index in [0.29, 0.717) is 28.9 Å². The third kappa shape index (κ3) is 4.06. The number of hydrogen-bond donors (Lipinski definition) is 0. The van der Waals surface area contributed by atoms with Gasteiger partial charge in [-0.2, -0.15) is 0 Å². The molecule has 0 N–H and O–H groups in total. The van der Waals surface area contributed by atoms with E-state index in [2.05, 4.69) is 0 Å². The largest absolute Gasteiger partial charge is 0.422 e. The highest BCUT2D eigenvalue weighted by Gasteiger charge is 2.43. The van der Waals surface area contributed by atoms with Gasteiger partial charge in [0.25, 0.3) is 11.8 Å². The average molecular weight is 470 g/mol. The van der Waals surface area contributed by atoms with Gasteiger partial charge in [0.1, 0.15) is 11.6 Å². The fourth-order valence-corrected chi connectivity index (χ4v) is 4.64. The molecule has 3 aliphatic rings. The topological polar surface area (TPSA) is 66.9 Å². The van der Waals surface area contributed by atoms with Gasteiger partial charge in [-0.25, -0.2) is 18.0 Å². The van der Waals surface area contributed by atoms with Gasteiger partial charge in [0.15, 0.2) is 0 Å². The number of halogens is 3. The van der Waals surface area contributed by atoms with E-state index in [4.69, 9.17) is 4.74 Å². The maximum atomic E-state index is 14.6. The molecule has 3 heterocycles. The molecule has 2 amide bonds. The Kier molecular flexibility index (Phi) is 5.42. The summed E-state index contributed by atoms with van der Waals surface area (Å²) in [6.07, 6.45) is 1.54. The number of hydrogen-bond acceptors (Lipinski definition) is 4. The molecule has 2 aromatic carbocycles. The van der Waals surface area contributed by atoms with Gasteiger partial charge in [-0.15, -0.1) is 0 Å². The van der Waals surface area contributed by atoms with E-state index in [1.807, 2.05) is 0 Å². The van der Waals surface area contributed by atoms with Crippen molar-refractivity contribution in [2.24, 2.45) is 5.92 Å². The lowest BCUT2D eigenvalue weighted by Gasteiger charge is -2.21. The first-order valence-electron chi connectivity index (χ1n) is 11.0. The highest BCUT2D eigenvalue weighted by Crippen LogP contribution is 2.32. The molecule has 1 unspecified atom stereocenters. The molecule has 2 fully saturated rings. The number of carbonyl (C=O) groups is 3. The number of cyclic esters (lactones) is 1. The number of carbonyl (C=O) groups excluding carboxylic acids is 3. The molecule has 2 aromatic rings. The summed E-state index contributed by atoms with van der Waals surface area (Å²) >= 11 is 0. The molecule has 0 spiro atoms. The molecule has 0 aromatic heterocycles. The number of nitrogens with zero attached hydrogens (tertiary/aromatic N) is 2. The van der Waals surface area contributed by atoms with Gasteiger partial charge in [-0.1, -0.05) is 24.3 Å². The number of fused-ring (bicyclic) bond motifs is 1. The van der Waals surface area contributed by atoms with Crippen molar-refractivity contribution in [2.75, 3.05) is 26.2 Å². The lowest BCUT2D eigenvalue weighted by Crippen LogP contribution is -2.38. The van der Waals surface area contributed by atoms with Crippen LogP contribution in [-0.2, 0) is 9.53 Å². The summed E-state index contributed by atoms with van der Waals surface area (Å²) in [5.74, 6) is -5.33. The lowest BCUT2D eigenvalue weighted by molar-refractivity contribution is -0.135. The van der Waals surface area contributed by atoms with Crippen LogP contribution in [0, 0.1) is 11.7 Å². The standard InChI is InChI=1S/C25H21F3N2O4/c26-20-6-5-15(12-21-17-3-1-2-4-18(17)24(33)34-21)11-19(20)23(32)29-9-7-16(13-29)22(31)30-10-8-25(27,28)14-30/h1-6,11-12,16H,7-10,13-14H2. The highest BCUT2D eigenvalue weighted by atomic mass is 19.3. The Balaban J connectivity index is 1.32. The van der Waals surface area contributed by atoms with Gasteiger partial charge < -0.3 is 14.5 Å². The molecular formula is C25H21F3N2O4. The van der Waals surface area contributed by atoms with Crippen molar-refractivity contribution in [3.63, 3.8) is 0 Å². The van der Waals surface area contributed by atoms with Crippen molar-refractivity contribution < 1.29 is 32.3 Å². The van der Waals surface area contributed by atoms with Crippen molar-refractivity contribution in [3.8, 4) is 0 Å². The Labute approximate surface area is 193 Å². The van der Waals surface area contributed by atoms with Crippen molar-refractivity contribution in [3.05, 3.63) is 70.5 Å². The van der Waals surface area contributed by atoms with Crippen LogP contribution in [0.5, 0.6) is 0 Å². The fourth-order valence-electron chi connectivity index (χ4n) is 4.64. The number of rotatable bonds is 3. The molecule has 9 heteroatoms. The zero-order chi connectivity index (χ0) is 24.0. The van der Waals surface area contributed by atoms with Crippen LogP contribution >= 0.6 is 0 Å². The SMILES string of the molecule is O=C1OC(=Cc2ccc(F)c(C(=O)N3CCC(C(=O)N4CCC(F)(F)C4)C3)c2)c2ccccc21. The Hall–Kier alpha value is -3.62. The van der Waals surface area contributed by atoms with E-state index in [-0.39, 0.29) is 31.6 Å². The maximum Gasteiger partial charge on any atom is 0.344 e. The summed E-state index contributed by atoms with van der Waals surface area (Å²) in [6.45, 7) is -0.324. The molecule has 34 heavy (non-hydrogen) atoms. The molecule has 0 saturated carbocycles. The summed E-state index contributed by atoms with van der Waals surface area (Å²) in [5, 5.41) is 0. The summed E-state index contributed by atoms with van der Waals surface area (Å²) in [7, 11) is 0. The van der Waals surface area contributed by atoms with Crippen LogP contribution in [0.1, 0.15) is 44.7 Å². The molecule has 0 radical (unpaired) electrons. The molecule has 0 bridgehead atoms. The van der Waals surface area contributed by atoms with E-state index >= 15 is 0 Å². The van der Waals surface area contributed by atoms with Crippen LogP contribution in [0.4, 0.5) is 13.2 Å². The van der Waals surface area contributed by atoms with E-state index in [0.717, 1.165) is 11.0 Å². The minimum Gasteiger partial charge on any atom is -0.422 e. The molecule has 0 aliphatic carbocycles. The maximum absolute atomic E-state index is 14.6. The third-order valence-electron chi connectivity index (χ3n) is 6.44. The summed E-state index contributed by atoms with van der Waals surface area (Å²) in [4.78, 5) is 40.2. The summed E-state index contributed by atoms with van der Waals surface area (Å²) in [5.41, 5.74) is 1.33. The van der Waals surface area contributed by atoms with E-state index in [9.17, 15) is 27.6 Å². The van der Waals surface area contributed by atoms with E-state index in [1.54, 1.807) is 30.3 Å².